The largest absolute Gasteiger partial charge is 0.494 e. The van der Waals surface area contributed by atoms with Crippen LogP contribution in [0.25, 0.3) is 5.69 Å². The van der Waals surface area contributed by atoms with Crippen LogP contribution in [0.1, 0.15) is 0 Å². The predicted octanol–water partition coefficient (Wildman–Crippen LogP) is 3.30. The lowest BCUT2D eigenvalue weighted by Crippen LogP contribution is -2.15. The van der Waals surface area contributed by atoms with Crippen molar-refractivity contribution in [3.8, 4) is 11.4 Å². The van der Waals surface area contributed by atoms with E-state index in [1.54, 1.807) is 25.3 Å². The van der Waals surface area contributed by atoms with Crippen molar-refractivity contribution >= 4 is 39.3 Å². The third-order valence-electron chi connectivity index (χ3n) is 3.29. The summed E-state index contributed by atoms with van der Waals surface area (Å²) in [5.74, 6) is -0.268. The number of carbonyl (C=O) groups is 1. The lowest BCUT2D eigenvalue weighted by molar-refractivity contribution is -0.113. The third kappa shape index (κ3) is 4.20. The molecule has 26 heavy (non-hydrogen) atoms. The number of hydrogen-bond donors (Lipinski definition) is 1. The highest BCUT2D eigenvalue weighted by Crippen LogP contribution is 2.26. The molecule has 0 unspecified atom stereocenters. The SMILES string of the molecule is COc1ccccc1-n1nnnc1SCC(=O)Nc1ccc(Br)cc1F. The Labute approximate surface area is 161 Å². The van der Waals surface area contributed by atoms with Gasteiger partial charge in [0.15, 0.2) is 0 Å². The van der Waals surface area contributed by atoms with E-state index in [9.17, 15) is 9.18 Å². The van der Waals surface area contributed by atoms with Crippen LogP contribution in [0.4, 0.5) is 10.1 Å². The minimum atomic E-state index is -0.517. The molecule has 0 aliphatic rings. The van der Waals surface area contributed by atoms with E-state index in [4.69, 9.17) is 4.74 Å². The Morgan fingerprint density at radius 2 is 2.15 bits per heavy atom. The van der Waals surface area contributed by atoms with Crippen LogP contribution in [0, 0.1) is 5.82 Å². The number of aromatic nitrogens is 4. The molecule has 0 radical (unpaired) electrons. The second kappa shape index (κ2) is 8.28. The van der Waals surface area contributed by atoms with Crippen molar-refractivity contribution in [2.45, 2.75) is 5.16 Å². The van der Waals surface area contributed by atoms with E-state index in [1.165, 1.54) is 16.8 Å². The minimum absolute atomic E-state index is 0.0189. The fraction of sp³-hybridized carbons (Fsp3) is 0.125. The maximum absolute atomic E-state index is 13.8. The van der Waals surface area contributed by atoms with Crippen LogP contribution in [0.2, 0.25) is 0 Å². The summed E-state index contributed by atoms with van der Waals surface area (Å²) in [6, 6.07) is 11.7. The standard InChI is InChI=1S/C16H13BrFN5O2S/c1-25-14-5-3-2-4-13(14)23-16(20-21-22-23)26-9-15(24)19-12-7-6-10(17)8-11(12)18/h2-8H,9H2,1H3,(H,19,24). The number of anilines is 1. The molecule has 3 aromatic rings. The molecule has 1 heterocycles. The molecule has 1 amide bonds. The number of thioether (sulfide) groups is 1. The number of tetrazole rings is 1. The Morgan fingerprint density at radius 1 is 1.35 bits per heavy atom. The minimum Gasteiger partial charge on any atom is -0.494 e. The zero-order valence-electron chi connectivity index (χ0n) is 13.5. The molecule has 10 heteroatoms. The maximum Gasteiger partial charge on any atom is 0.234 e. The number of rotatable bonds is 6. The molecule has 0 saturated heterocycles. The molecule has 0 bridgehead atoms. The van der Waals surface area contributed by atoms with Crippen molar-refractivity contribution in [3.05, 3.63) is 52.8 Å². The number of nitrogens with zero attached hydrogens (tertiary/aromatic N) is 4. The number of benzene rings is 2. The highest BCUT2D eigenvalue weighted by Gasteiger charge is 2.15. The Balaban J connectivity index is 1.69. The van der Waals surface area contributed by atoms with Gasteiger partial charge in [0.25, 0.3) is 0 Å². The molecule has 0 atom stereocenters. The van der Waals surface area contributed by atoms with Gasteiger partial charge in [-0.1, -0.05) is 39.8 Å². The quantitative estimate of drug-likeness (QED) is 0.595. The van der Waals surface area contributed by atoms with Crippen molar-refractivity contribution in [2.24, 2.45) is 0 Å². The molecular formula is C16H13BrFN5O2S. The van der Waals surface area contributed by atoms with Gasteiger partial charge in [0.05, 0.1) is 18.6 Å². The van der Waals surface area contributed by atoms with E-state index < -0.39 is 5.82 Å². The number of halogens is 2. The molecule has 0 saturated carbocycles. The first-order valence-electron chi connectivity index (χ1n) is 7.38. The van der Waals surface area contributed by atoms with Gasteiger partial charge in [0.1, 0.15) is 17.3 Å². The molecule has 1 N–H and O–H groups in total. The molecule has 0 spiro atoms. The van der Waals surface area contributed by atoms with Crippen LogP contribution in [-0.4, -0.2) is 39.0 Å². The van der Waals surface area contributed by atoms with E-state index in [1.807, 2.05) is 12.1 Å². The summed E-state index contributed by atoms with van der Waals surface area (Å²) in [5, 5.41) is 14.5. The van der Waals surface area contributed by atoms with Gasteiger partial charge in [0.2, 0.25) is 11.1 Å². The second-order valence-electron chi connectivity index (χ2n) is 5.01. The number of ether oxygens (including phenoxy) is 1. The summed E-state index contributed by atoms with van der Waals surface area (Å²) in [4.78, 5) is 12.1. The van der Waals surface area contributed by atoms with Crippen molar-refractivity contribution < 1.29 is 13.9 Å². The molecular weight excluding hydrogens is 425 g/mol. The zero-order chi connectivity index (χ0) is 18.5. The molecule has 1 aromatic heterocycles. The smallest absolute Gasteiger partial charge is 0.234 e. The molecule has 134 valence electrons. The van der Waals surface area contributed by atoms with Crippen LogP contribution in [0.5, 0.6) is 5.75 Å². The highest BCUT2D eigenvalue weighted by molar-refractivity contribution is 9.10. The monoisotopic (exact) mass is 437 g/mol. The molecule has 0 fully saturated rings. The fourth-order valence-electron chi connectivity index (χ4n) is 2.13. The van der Waals surface area contributed by atoms with Gasteiger partial charge in [-0.05, 0) is 40.8 Å². The van der Waals surface area contributed by atoms with Crippen molar-refractivity contribution in [2.75, 3.05) is 18.2 Å². The summed E-state index contributed by atoms with van der Waals surface area (Å²) in [6.45, 7) is 0. The first kappa shape index (κ1) is 18.3. The van der Waals surface area contributed by atoms with Gasteiger partial charge in [-0.15, -0.1) is 5.10 Å². The van der Waals surface area contributed by atoms with E-state index in [0.29, 0.717) is 21.1 Å². The van der Waals surface area contributed by atoms with Gasteiger partial charge in [-0.3, -0.25) is 4.79 Å². The number of carbonyl (C=O) groups excluding carboxylic acids is 1. The zero-order valence-corrected chi connectivity index (χ0v) is 15.9. The number of methoxy groups -OCH3 is 1. The molecule has 0 aliphatic carbocycles. The lowest BCUT2D eigenvalue weighted by Gasteiger charge is -2.09. The van der Waals surface area contributed by atoms with Gasteiger partial charge in [-0.25, -0.2) is 4.39 Å². The average molecular weight is 438 g/mol. The van der Waals surface area contributed by atoms with Crippen LogP contribution in [0.15, 0.2) is 52.1 Å². The Bertz CT molecular complexity index is 937. The van der Waals surface area contributed by atoms with Crippen LogP contribution in [-0.2, 0) is 4.79 Å². The van der Waals surface area contributed by atoms with Crippen molar-refractivity contribution in [1.82, 2.24) is 20.2 Å². The second-order valence-corrected chi connectivity index (χ2v) is 6.86. The van der Waals surface area contributed by atoms with E-state index in [-0.39, 0.29) is 17.3 Å². The molecule has 2 aromatic carbocycles. The molecule has 3 rings (SSSR count). The topological polar surface area (TPSA) is 81.9 Å². The van der Waals surface area contributed by atoms with Gasteiger partial charge < -0.3 is 10.1 Å². The van der Waals surface area contributed by atoms with Gasteiger partial charge in [0, 0.05) is 4.47 Å². The van der Waals surface area contributed by atoms with Crippen LogP contribution >= 0.6 is 27.7 Å². The average Bonchev–Trinajstić information content (AvgIpc) is 3.10. The molecule has 0 aliphatic heterocycles. The van der Waals surface area contributed by atoms with Gasteiger partial charge >= 0.3 is 0 Å². The summed E-state index contributed by atoms with van der Waals surface area (Å²) in [6.07, 6.45) is 0. The van der Waals surface area contributed by atoms with E-state index in [0.717, 1.165) is 11.8 Å². The first-order chi connectivity index (χ1) is 12.6. The van der Waals surface area contributed by atoms with Crippen LogP contribution in [0.3, 0.4) is 0 Å². The predicted molar refractivity (Wildman–Crippen MR) is 99.2 cm³/mol. The lowest BCUT2D eigenvalue weighted by atomic mass is 10.3. The Kier molecular flexibility index (Phi) is 5.84. The third-order valence-corrected chi connectivity index (χ3v) is 4.70. The Morgan fingerprint density at radius 3 is 2.92 bits per heavy atom. The molecule has 7 nitrogen and oxygen atoms in total. The number of para-hydroxylation sites is 2. The number of nitrogens with one attached hydrogen (secondary N) is 1. The highest BCUT2D eigenvalue weighted by atomic mass is 79.9. The number of hydrogen-bond acceptors (Lipinski definition) is 6. The summed E-state index contributed by atoms with van der Waals surface area (Å²) in [7, 11) is 1.55. The summed E-state index contributed by atoms with van der Waals surface area (Å²) >= 11 is 4.30. The summed E-state index contributed by atoms with van der Waals surface area (Å²) < 4.78 is 21.2. The van der Waals surface area contributed by atoms with Gasteiger partial charge in [-0.2, -0.15) is 4.68 Å². The normalized spacial score (nSPS) is 10.6. The Hall–Kier alpha value is -2.46. The maximum atomic E-state index is 13.8. The van der Waals surface area contributed by atoms with Crippen LogP contribution < -0.4 is 10.1 Å². The van der Waals surface area contributed by atoms with Crippen molar-refractivity contribution in [1.29, 1.82) is 0 Å². The summed E-state index contributed by atoms with van der Waals surface area (Å²) in [5.41, 5.74) is 0.769. The van der Waals surface area contributed by atoms with Crippen molar-refractivity contribution in [3.63, 3.8) is 0 Å². The fourth-order valence-corrected chi connectivity index (χ4v) is 3.15. The number of amides is 1. The van der Waals surface area contributed by atoms with E-state index in [2.05, 4.69) is 36.8 Å². The first-order valence-corrected chi connectivity index (χ1v) is 9.16. The van der Waals surface area contributed by atoms with E-state index >= 15 is 0 Å².